The van der Waals surface area contributed by atoms with Crippen LogP contribution in [0.25, 0.3) is 0 Å². The van der Waals surface area contributed by atoms with Crippen LogP contribution < -0.4 is 4.74 Å². The smallest absolute Gasteiger partial charge is 0.342 e. The molecule has 0 bridgehead atoms. The first-order chi connectivity index (χ1) is 14.6. The van der Waals surface area contributed by atoms with Gasteiger partial charge in [0, 0.05) is 6.08 Å². The van der Waals surface area contributed by atoms with Crippen LogP contribution in [-0.4, -0.2) is 18.5 Å². The second-order valence-electron chi connectivity index (χ2n) is 6.21. The summed E-state index contributed by atoms with van der Waals surface area (Å²) in [6.45, 7) is 6.65. The molecule has 0 saturated carbocycles. The Morgan fingerprint density at radius 1 is 0.800 bits per heavy atom. The lowest BCUT2D eigenvalue weighted by Crippen LogP contribution is -2.16. The van der Waals surface area contributed by atoms with Gasteiger partial charge in [-0.25, -0.2) is 9.59 Å². The number of rotatable bonds is 8. The van der Waals surface area contributed by atoms with Crippen LogP contribution in [0.2, 0.25) is 0 Å². The second kappa shape index (κ2) is 10.3. The predicted octanol–water partition coefficient (Wildman–Crippen LogP) is 4.97. The summed E-state index contributed by atoms with van der Waals surface area (Å²) in [6, 6.07) is 27.9. The van der Waals surface area contributed by atoms with Crippen LogP contribution in [0.3, 0.4) is 0 Å². The summed E-state index contributed by atoms with van der Waals surface area (Å²) in [5.74, 6) is -0.878. The molecule has 150 valence electrons. The van der Waals surface area contributed by atoms with E-state index in [4.69, 9.17) is 9.47 Å². The quantitative estimate of drug-likeness (QED) is 0.225. The fourth-order valence-electron chi connectivity index (χ4n) is 2.62. The summed E-state index contributed by atoms with van der Waals surface area (Å²) in [5, 5.41) is 0. The lowest BCUT2D eigenvalue weighted by Gasteiger charge is -2.09. The minimum Gasteiger partial charge on any atom is -0.457 e. The van der Waals surface area contributed by atoms with E-state index in [2.05, 4.69) is 37.4 Å². The molecule has 0 amide bonds. The van der Waals surface area contributed by atoms with Gasteiger partial charge in [-0.2, -0.15) is 0 Å². The summed E-state index contributed by atoms with van der Waals surface area (Å²) in [5.41, 5.74) is 0.0441. The van der Waals surface area contributed by atoms with Crippen LogP contribution in [0, 0.1) is 0 Å². The Hall–Kier alpha value is -3.57. The minimum atomic E-state index is -0.648. The van der Waals surface area contributed by atoms with E-state index in [-0.39, 0.29) is 23.1 Å². The van der Waals surface area contributed by atoms with Crippen molar-refractivity contribution in [3.8, 4) is 5.75 Å². The molecule has 3 aromatic carbocycles. The van der Waals surface area contributed by atoms with Crippen molar-refractivity contribution < 1.29 is 19.1 Å². The van der Waals surface area contributed by atoms with Gasteiger partial charge in [-0.15, -0.1) is 0 Å². The Labute approximate surface area is 178 Å². The molecule has 0 fully saturated rings. The molecule has 0 aliphatic rings. The third-order valence-electron chi connectivity index (χ3n) is 4.07. The Morgan fingerprint density at radius 2 is 1.30 bits per heavy atom. The maximum absolute atomic E-state index is 12.1. The maximum atomic E-state index is 12.1. The summed E-state index contributed by atoms with van der Waals surface area (Å²) < 4.78 is 10.1. The monoisotopic (exact) mass is 417 g/mol. The van der Waals surface area contributed by atoms with E-state index in [9.17, 15) is 9.59 Å². The number of hydrogen-bond donors (Lipinski definition) is 0. The molecule has 0 aliphatic carbocycles. The van der Waals surface area contributed by atoms with Crippen molar-refractivity contribution in [1.82, 2.24) is 0 Å². The number of carbonyl (C=O) groups is 2. The normalized spacial score (nSPS) is 10.3. The lowest BCUT2D eigenvalue weighted by atomic mass is 10.3. The first-order valence-corrected chi connectivity index (χ1v) is 10.4. The molecule has 0 N–H and O–H groups in total. The van der Waals surface area contributed by atoms with Gasteiger partial charge < -0.3 is 9.47 Å². The Bertz CT molecular complexity index is 988. The van der Waals surface area contributed by atoms with Crippen molar-refractivity contribution in [3.05, 3.63) is 110 Å². The van der Waals surface area contributed by atoms with Crippen molar-refractivity contribution in [1.29, 1.82) is 0 Å². The molecule has 0 spiro atoms. The summed E-state index contributed by atoms with van der Waals surface area (Å²) >= 11 is 0. The molecule has 3 aromatic rings. The largest absolute Gasteiger partial charge is 0.457 e. The average molecular weight is 418 g/mol. The zero-order valence-electron chi connectivity index (χ0n) is 16.3. The Balaban J connectivity index is 1.76. The second-order valence-corrected chi connectivity index (χ2v) is 8.24. The highest BCUT2D eigenvalue weighted by Gasteiger charge is 2.28. The molecule has 3 rings (SSSR count). The van der Waals surface area contributed by atoms with E-state index in [0.717, 1.165) is 11.0 Å². The predicted molar refractivity (Wildman–Crippen MR) is 117 cm³/mol. The SMILES string of the molecule is C=CC(=O)OCC(=C)C(=O)Oc1ccc([S+](c2ccccc2)c2ccccc2)cc1. The number of hydrogen-bond acceptors (Lipinski definition) is 4. The van der Waals surface area contributed by atoms with E-state index in [1.165, 1.54) is 9.79 Å². The van der Waals surface area contributed by atoms with Crippen molar-refractivity contribution in [2.45, 2.75) is 14.7 Å². The van der Waals surface area contributed by atoms with Gasteiger partial charge in [-0.3, -0.25) is 0 Å². The standard InChI is InChI=1S/C25H21O4S/c1-3-24(26)28-18-19(2)25(27)29-20-14-16-23(17-15-20)30(21-10-6-4-7-11-21)22-12-8-5-9-13-22/h3-17H,1-2,18H2/q+1. The number of esters is 2. The average Bonchev–Trinajstić information content (AvgIpc) is 2.80. The van der Waals surface area contributed by atoms with E-state index in [1.807, 2.05) is 48.5 Å². The number of carbonyl (C=O) groups excluding carboxylic acids is 2. The van der Waals surface area contributed by atoms with Crippen LogP contribution in [0.5, 0.6) is 5.75 Å². The minimum absolute atomic E-state index is 0.0441. The fraction of sp³-hybridized carbons (Fsp3) is 0.0400. The maximum Gasteiger partial charge on any atom is 0.342 e. The summed E-state index contributed by atoms with van der Waals surface area (Å²) in [6.07, 6.45) is 1.02. The highest BCUT2D eigenvalue weighted by atomic mass is 32.2. The van der Waals surface area contributed by atoms with Gasteiger partial charge >= 0.3 is 11.9 Å². The van der Waals surface area contributed by atoms with Gasteiger partial charge in [0.05, 0.1) is 16.5 Å². The molecule has 0 aromatic heterocycles. The first-order valence-electron chi connectivity index (χ1n) is 9.22. The third kappa shape index (κ3) is 5.49. The zero-order chi connectivity index (χ0) is 21.3. The molecule has 0 heterocycles. The highest BCUT2D eigenvalue weighted by molar-refractivity contribution is 7.97. The molecule has 30 heavy (non-hydrogen) atoms. The van der Waals surface area contributed by atoms with Crippen molar-refractivity contribution in [3.63, 3.8) is 0 Å². The topological polar surface area (TPSA) is 52.6 Å². The van der Waals surface area contributed by atoms with Crippen LogP contribution in [-0.2, 0) is 25.2 Å². The zero-order valence-corrected chi connectivity index (χ0v) is 17.1. The Kier molecular flexibility index (Phi) is 7.24. The number of ether oxygens (including phenoxy) is 2. The van der Waals surface area contributed by atoms with Crippen molar-refractivity contribution >= 4 is 22.8 Å². The lowest BCUT2D eigenvalue weighted by molar-refractivity contribution is -0.138. The molecule has 0 unspecified atom stereocenters. The van der Waals surface area contributed by atoms with Gasteiger partial charge in [0.2, 0.25) is 0 Å². The van der Waals surface area contributed by atoms with Crippen LogP contribution in [0.15, 0.2) is 124 Å². The van der Waals surface area contributed by atoms with Gasteiger partial charge in [-0.1, -0.05) is 49.6 Å². The molecule has 0 atom stereocenters. The molecule has 5 heteroatoms. The highest BCUT2D eigenvalue weighted by Crippen LogP contribution is 2.31. The van der Waals surface area contributed by atoms with Gasteiger partial charge in [-0.05, 0) is 48.5 Å². The Morgan fingerprint density at radius 3 is 1.80 bits per heavy atom. The molecular formula is C25H21O4S+. The first kappa shape index (κ1) is 21.1. The molecule has 4 nitrogen and oxygen atoms in total. The van der Waals surface area contributed by atoms with Crippen LogP contribution in [0.1, 0.15) is 0 Å². The summed E-state index contributed by atoms with van der Waals surface area (Å²) in [7, 11) is -0.279. The fourth-order valence-corrected chi connectivity index (χ4v) is 4.70. The third-order valence-corrected chi connectivity index (χ3v) is 6.30. The van der Waals surface area contributed by atoms with Gasteiger partial charge in [0.15, 0.2) is 14.7 Å². The summed E-state index contributed by atoms with van der Waals surface area (Å²) in [4.78, 5) is 26.7. The van der Waals surface area contributed by atoms with Crippen LogP contribution >= 0.6 is 0 Å². The van der Waals surface area contributed by atoms with Gasteiger partial charge in [0.1, 0.15) is 12.4 Å². The molecule has 0 radical (unpaired) electrons. The van der Waals surface area contributed by atoms with Gasteiger partial charge in [0.25, 0.3) is 0 Å². The van der Waals surface area contributed by atoms with E-state index < -0.39 is 11.9 Å². The number of benzene rings is 3. The van der Waals surface area contributed by atoms with E-state index >= 15 is 0 Å². The van der Waals surface area contributed by atoms with Crippen molar-refractivity contribution in [2.24, 2.45) is 0 Å². The van der Waals surface area contributed by atoms with E-state index in [1.54, 1.807) is 12.1 Å². The van der Waals surface area contributed by atoms with E-state index in [0.29, 0.717) is 5.75 Å². The molecule has 0 aliphatic heterocycles. The molecule has 0 saturated heterocycles. The molecular weight excluding hydrogens is 396 g/mol. The van der Waals surface area contributed by atoms with Crippen LogP contribution in [0.4, 0.5) is 0 Å². The van der Waals surface area contributed by atoms with Crippen molar-refractivity contribution in [2.75, 3.05) is 6.61 Å².